The highest BCUT2D eigenvalue weighted by Gasteiger charge is 2.35. The number of aromatic nitrogens is 5. The van der Waals surface area contributed by atoms with E-state index in [2.05, 4.69) is 20.5 Å². The lowest BCUT2D eigenvalue weighted by molar-refractivity contribution is -0.00734. The van der Waals surface area contributed by atoms with E-state index in [0.29, 0.717) is 21.8 Å². The van der Waals surface area contributed by atoms with Crippen molar-refractivity contribution in [1.82, 2.24) is 24.5 Å². The first-order valence-corrected chi connectivity index (χ1v) is 11.3. The molecule has 0 aliphatic heterocycles. The third kappa shape index (κ3) is 4.77. The Balaban J connectivity index is 1.47. The van der Waals surface area contributed by atoms with E-state index in [1.165, 1.54) is 40.2 Å². The Morgan fingerprint density at radius 3 is 2.58 bits per heavy atom. The number of fused-ring (bicyclic) bond motifs is 1. The fourth-order valence-corrected chi connectivity index (χ4v) is 4.35. The lowest BCUT2D eigenvalue weighted by atomic mass is 9.92. The largest absolute Gasteiger partial charge is 0.381 e. The lowest BCUT2D eigenvalue weighted by Gasteiger charge is -2.29. The summed E-state index contributed by atoms with van der Waals surface area (Å²) >= 11 is 6.12. The van der Waals surface area contributed by atoms with E-state index < -0.39 is 23.1 Å². The standard InChI is InChI=1S/C25H20ClF3N6O/c26-21-2-1-3-22(28)19(21)11-31-18-6-4-16-10-32-35(24(16)9-18)13-25(36,12-34-15-30-14-33-34)20-7-5-17(27)8-23(20)29/h1-10,14-15,31,36H,11-13H2. The molecule has 0 amide bonds. The van der Waals surface area contributed by atoms with Crippen molar-refractivity contribution in [2.45, 2.75) is 25.2 Å². The summed E-state index contributed by atoms with van der Waals surface area (Å²) in [6.45, 7) is -0.162. The van der Waals surface area contributed by atoms with E-state index in [4.69, 9.17) is 11.6 Å². The summed E-state index contributed by atoms with van der Waals surface area (Å²) in [6.07, 6.45) is 4.30. The average molecular weight is 513 g/mol. The van der Waals surface area contributed by atoms with Gasteiger partial charge in [0.1, 0.15) is 35.7 Å². The van der Waals surface area contributed by atoms with Crippen molar-refractivity contribution >= 4 is 28.2 Å². The van der Waals surface area contributed by atoms with Crippen LogP contribution in [0.25, 0.3) is 10.9 Å². The molecule has 0 aliphatic rings. The highest BCUT2D eigenvalue weighted by molar-refractivity contribution is 6.31. The summed E-state index contributed by atoms with van der Waals surface area (Å²) in [4.78, 5) is 3.87. The van der Waals surface area contributed by atoms with Crippen LogP contribution in [0.2, 0.25) is 5.02 Å². The van der Waals surface area contributed by atoms with Crippen molar-refractivity contribution in [2.75, 3.05) is 5.32 Å². The molecule has 36 heavy (non-hydrogen) atoms. The number of hydrogen-bond acceptors (Lipinski definition) is 5. The van der Waals surface area contributed by atoms with Crippen molar-refractivity contribution in [1.29, 1.82) is 0 Å². The van der Waals surface area contributed by atoms with Gasteiger partial charge in [-0.1, -0.05) is 23.7 Å². The van der Waals surface area contributed by atoms with Crippen LogP contribution in [0.3, 0.4) is 0 Å². The minimum absolute atomic E-state index is 0.105. The van der Waals surface area contributed by atoms with Gasteiger partial charge in [0.05, 0.1) is 24.8 Å². The number of halogens is 4. The van der Waals surface area contributed by atoms with Crippen LogP contribution in [0.1, 0.15) is 11.1 Å². The summed E-state index contributed by atoms with van der Waals surface area (Å²) in [7, 11) is 0. The number of nitrogens with one attached hydrogen (secondary N) is 1. The van der Waals surface area contributed by atoms with Gasteiger partial charge in [-0.05, 0) is 36.4 Å². The molecule has 1 atom stereocenters. The zero-order valence-corrected chi connectivity index (χ0v) is 19.5. The van der Waals surface area contributed by atoms with Crippen molar-refractivity contribution in [3.05, 3.63) is 107 Å². The number of rotatable bonds is 8. The van der Waals surface area contributed by atoms with Gasteiger partial charge in [-0.15, -0.1) is 0 Å². The maximum Gasteiger partial charge on any atom is 0.137 e. The molecule has 0 fully saturated rings. The summed E-state index contributed by atoms with van der Waals surface area (Å²) in [5.74, 6) is -2.06. The molecule has 0 saturated heterocycles. The van der Waals surface area contributed by atoms with Gasteiger partial charge >= 0.3 is 0 Å². The first-order valence-electron chi connectivity index (χ1n) is 10.9. The molecule has 11 heteroatoms. The minimum Gasteiger partial charge on any atom is -0.381 e. The number of nitrogens with zero attached hydrogens (tertiary/aromatic N) is 5. The Morgan fingerprint density at radius 1 is 0.972 bits per heavy atom. The fourth-order valence-electron chi connectivity index (χ4n) is 4.12. The predicted molar refractivity (Wildman–Crippen MR) is 129 cm³/mol. The van der Waals surface area contributed by atoms with E-state index in [1.807, 2.05) is 12.1 Å². The van der Waals surface area contributed by atoms with E-state index in [1.54, 1.807) is 18.3 Å². The Bertz CT molecular complexity index is 1500. The van der Waals surface area contributed by atoms with Gasteiger partial charge in [0, 0.05) is 39.8 Å². The summed E-state index contributed by atoms with van der Waals surface area (Å²) in [6, 6.07) is 12.9. The van der Waals surface area contributed by atoms with Crippen LogP contribution < -0.4 is 5.32 Å². The maximum atomic E-state index is 14.8. The van der Waals surface area contributed by atoms with Gasteiger partial charge in [-0.3, -0.25) is 4.68 Å². The summed E-state index contributed by atoms with van der Waals surface area (Å²) in [5.41, 5.74) is -0.307. The zero-order chi connectivity index (χ0) is 25.3. The number of hydrogen-bond donors (Lipinski definition) is 2. The Labute approximate surface area is 208 Å². The molecule has 5 aromatic rings. The number of aliphatic hydroxyl groups is 1. The van der Waals surface area contributed by atoms with Crippen molar-refractivity contribution in [3.63, 3.8) is 0 Å². The second-order valence-corrected chi connectivity index (χ2v) is 8.79. The molecule has 0 bridgehead atoms. The molecule has 7 nitrogen and oxygen atoms in total. The first kappa shape index (κ1) is 23.8. The Kier molecular flexibility index (Phi) is 6.38. The fraction of sp³-hybridized carbons (Fsp3) is 0.160. The SMILES string of the molecule is OC(Cn1cncn1)(Cn1ncc2ccc(NCc3c(F)cccc3Cl)cc21)c1ccc(F)cc1F. The highest BCUT2D eigenvalue weighted by Crippen LogP contribution is 2.30. The van der Waals surface area contributed by atoms with E-state index >= 15 is 0 Å². The summed E-state index contributed by atoms with van der Waals surface area (Å²) < 4.78 is 45.4. The van der Waals surface area contributed by atoms with E-state index in [9.17, 15) is 18.3 Å². The van der Waals surface area contributed by atoms with Crippen LogP contribution in [0, 0.1) is 17.5 Å². The third-order valence-corrected chi connectivity index (χ3v) is 6.26. The van der Waals surface area contributed by atoms with Crippen molar-refractivity contribution in [2.24, 2.45) is 0 Å². The van der Waals surface area contributed by atoms with Gasteiger partial charge in [0.15, 0.2) is 0 Å². The monoisotopic (exact) mass is 512 g/mol. The lowest BCUT2D eigenvalue weighted by Crippen LogP contribution is -2.37. The third-order valence-electron chi connectivity index (χ3n) is 5.91. The molecule has 0 aliphatic carbocycles. The molecule has 2 heterocycles. The Morgan fingerprint density at radius 2 is 1.83 bits per heavy atom. The smallest absolute Gasteiger partial charge is 0.137 e. The van der Waals surface area contributed by atoms with Crippen molar-refractivity contribution in [3.8, 4) is 0 Å². The predicted octanol–water partition coefficient (Wildman–Crippen LogP) is 4.90. The molecule has 0 radical (unpaired) electrons. The quantitative estimate of drug-likeness (QED) is 0.309. The molecule has 3 aromatic carbocycles. The van der Waals surface area contributed by atoms with Gasteiger partial charge in [0.25, 0.3) is 0 Å². The Hall–Kier alpha value is -3.89. The van der Waals surface area contributed by atoms with Gasteiger partial charge < -0.3 is 10.4 Å². The number of anilines is 1. The molecule has 0 spiro atoms. The molecule has 5 rings (SSSR count). The maximum absolute atomic E-state index is 14.8. The second-order valence-electron chi connectivity index (χ2n) is 8.38. The molecular formula is C25H20ClF3N6O. The average Bonchev–Trinajstić information content (AvgIpc) is 3.48. The minimum atomic E-state index is -1.84. The summed E-state index contributed by atoms with van der Waals surface area (Å²) in [5, 5.41) is 24.3. The molecule has 184 valence electrons. The van der Waals surface area contributed by atoms with Gasteiger partial charge in [-0.2, -0.15) is 10.2 Å². The topological polar surface area (TPSA) is 80.8 Å². The first-order chi connectivity index (χ1) is 17.3. The molecule has 1 unspecified atom stereocenters. The zero-order valence-electron chi connectivity index (χ0n) is 18.7. The van der Waals surface area contributed by atoms with Crippen LogP contribution in [-0.4, -0.2) is 29.7 Å². The second kappa shape index (κ2) is 9.63. The van der Waals surface area contributed by atoms with E-state index in [-0.39, 0.29) is 25.2 Å². The van der Waals surface area contributed by atoms with Crippen LogP contribution in [0.5, 0.6) is 0 Å². The van der Waals surface area contributed by atoms with Crippen LogP contribution >= 0.6 is 11.6 Å². The number of benzene rings is 3. The normalized spacial score (nSPS) is 13.1. The van der Waals surface area contributed by atoms with Gasteiger partial charge in [-0.25, -0.2) is 22.8 Å². The van der Waals surface area contributed by atoms with Crippen LogP contribution in [-0.2, 0) is 25.2 Å². The van der Waals surface area contributed by atoms with Crippen LogP contribution in [0.4, 0.5) is 18.9 Å². The molecule has 2 aromatic heterocycles. The highest BCUT2D eigenvalue weighted by atomic mass is 35.5. The van der Waals surface area contributed by atoms with Gasteiger partial charge in [0.2, 0.25) is 0 Å². The van der Waals surface area contributed by atoms with Crippen molar-refractivity contribution < 1.29 is 18.3 Å². The molecular weight excluding hydrogens is 493 g/mol. The van der Waals surface area contributed by atoms with Crippen LogP contribution in [0.15, 0.2) is 73.4 Å². The van der Waals surface area contributed by atoms with E-state index in [0.717, 1.165) is 17.5 Å². The molecule has 2 N–H and O–H groups in total. The molecule has 0 saturated carbocycles.